The summed E-state index contributed by atoms with van der Waals surface area (Å²) in [5, 5.41) is 16.1. The van der Waals surface area contributed by atoms with Crippen LogP contribution in [0, 0.1) is 0 Å². The summed E-state index contributed by atoms with van der Waals surface area (Å²) in [4.78, 5) is 15.1. The van der Waals surface area contributed by atoms with Crippen LogP contribution in [0.5, 0.6) is 0 Å². The number of Topliss-reactive ketones (excluding diaryl/α,β-unsaturated/α-hetero) is 1. The molecule has 3 aromatic carbocycles. The Morgan fingerprint density at radius 3 is 2.26 bits per heavy atom. The van der Waals surface area contributed by atoms with Crippen LogP contribution < -0.4 is 4.90 Å². The van der Waals surface area contributed by atoms with Crippen LogP contribution in [0.3, 0.4) is 0 Å². The average molecular weight is 542 g/mol. The third-order valence-corrected chi connectivity index (χ3v) is 8.16. The first-order valence-corrected chi connectivity index (χ1v) is 13.3. The van der Waals surface area contributed by atoms with Gasteiger partial charge in [0, 0.05) is 23.7 Å². The normalized spacial score (nSPS) is 15.1. The van der Waals surface area contributed by atoms with Crippen molar-refractivity contribution in [3.05, 3.63) is 101 Å². The molecule has 0 atom stereocenters. The lowest BCUT2D eigenvalue weighted by atomic mass is 9.70. The molecule has 0 N–H and O–H groups in total. The van der Waals surface area contributed by atoms with Gasteiger partial charge in [-0.3, -0.25) is 4.79 Å². The number of aromatic nitrogens is 4. The predicted octanol–water partition coefficient (Wildman–Crippen LogP) is 6.92. The van der Waals surface area contributed by atoms with Crippen molar-refractivity contribution in [1.82, 2.24) is 20.0 Å². The lowest BCUT2D eigenvalue weighted by Crippen LogP contribution is -2.47. The van der Waals surface area contributed by atoms with Gasteiger partial charge in [-0.1, -0.05) is 77.8 Å². The van der Waals surface area contributed by atoms with Crippen molar-refractivity contribution in [1.29, 1.82) is 0 Å². The first-order chi connectivity index (χ1) is 18.5. The minimum Gasteiger partial charge on any atom is -0.353 e. The highest BCUT2D eigenvalue weighted by Gasteiger charge is 2.41. The number of anilines is 1. The van der Waals surface area contributed by atoms with Crippen LogP contribution in [0.25, 0.3) is 27.8 Å². The first kappa shape index (κ1) is 24.6. The minimum atomic E-state index is -0.496. The molecule has 0 aliphatic carbocycles. The van der Waals surface area contributed by atoms with E-state index in [-0.39, 0.29) is 5.78 Å². The summed E-state index contributed by atoms with van der Waals surface area (Å²) in [7, 11) is 0. The van der Waals surface area contributed by atoms with Gasteiger partial charge in [-0.25, -0.2) is 4.68 Å². The Bertz CT molecular complexity index is 1620. The molecule has 1 saturated heterocycles. The molecule has 0 bridgehead atoms. The van der Waals surface area contributed by atoms with Gasteiger partial charge in [0.2, 0.25) is 0 Å². The molecule has 38 heavy (non-hydrogen) atoms. The summed E-state index contributed by atoms with van der Waals surface area (Å²) < 4.78 is 1.86. The van der Waals surface area contributed by atoms with Crippen molar-refractivity contribution in [2.24, 2.45) is 0 Å². The van der Waals surface area contributed by atoms with Gasteiger partial charge in [-0.15, -0.1) is 5.10 Å². The molecule has 190 valence electrons. The Morgan fingerprint density at radius 2 is 1.58 bits per heavy atom. The van der Waals surface area contributed by atoms with E-state index in [1.165, 1.54) is 0 Å². The van der Waals surface area contributed by atoms with E-state index >= 15 is 0 Å². The summed E-state index contributed by atoms with van der Waals surface area (Å²) in [6.45, 7) is 3.03. The highest BCUT2D eigenvalue weighted by Crippen LogP contribution is 2.40. The number of hydrogen-bond donors (Lipinski definition) is 0. The fourth-order valence-electron chi connectivity index (χ4n) is 5.50. The Morgan fingerprint density at radius 1 is 0.895 bits per heavy atom. The zero-order valence-electron chi connectivity index (χ0n) is 20.8. The quantitative estimate of drug-likeness (QED) is 0.241. The van der Waals surface area contributed by atoms with E-state index in [0.29, 0.717) is 41.8 Å². The molecule has 6 nitrogen and oxygen atoms in total. The molecule has 0 amide bonds. The van der Waals surface area contributed by atoms with E-state index in [2.05, 4.69) is 27.2 Å². The molecule has 5 aromatic rings. The number of rotatable bonds is 5. The molecule has 1 aliphatic rings. The lowest BCUT2D eigenvalue weighted by molar-refractivity contribution is -0.123. The van der Waals surface area contributed by atoms with Crippen LogP contribution in [0.15, 0.2) is 85.1 Å². The SMILES string of the molecule is CC(=O)C1(c2ccccc2)CCN(c2nncc3c(-c4ccc(Cl)cc4)n(-c4ccccc4Cl)nc23)CC1. The van der Waals surface area contributed by atoms with Crippen LogP contribution in [0.1, 0.15) is 25.3 Å². The van der Waals surface area contributed by atoms with Gasteiger partial charge in [0.05, 0.1) is 33.4 Å². The molecule has 0 spiro atoms. The van der Waals surface area contributed by atoms with E-state index in [1.54, 1.807) is 13.1 Å². The molecule has 0 saturated carbocycles. The van der Waals surface area contributed by atoms with Gasteiger partial charge >= 0.3 is 0 Å². The van der Waals surface area contributed by atoms with E-state index in [9.17, 15) is 4.79 Å². The summed E-state index contributed by atoms with van der Waals surface area (Å²) in [5.74, 6) is 0.898. The summed E-state index contributed by atoms with van der Waals surface area (Å²) in [6, 6.07) is 25.4. The second kappa shape index (κ2) is 9.86. The van der Waals surface area contributed by atoms with Gasteiger partial charge < -0.3 is 4.90 Å². The highest BCUT2D eigenvalue weighted by atomic mass is 35.5. The molecule has 2 aromatic heterocycles. The fraction of sp³-hybridized carbons (Fsp3) is 0.200. The maximum atomic E-state index is 12.9. The molecule has 3 heterocycles. The molecular weight excluding hydrogens is 517 g/mol. The van der Waals surface area contributed by atoms with Crippen LogP contribution in [-0.4, -0.2) is 38.9 Å². The Balaban J connectivity index is 1.45. The number of hydrogen-bond acceptors (Lipinski definition) is 5. The summed E-state index contributed by atoms with van der Waals surface area (Å²) >= 11 is 12.8. The zero-order valence-corrected chi connectivity index (χ0v) is 22.3. The van der Waals surface area contributed by atoms with Crippen molar-refractivity contribution < 1.29 is 4.79 Å². The van der Waals surface area contributed by atoms with Crippen LogP contribution in [0.2, 0.25) is 10.0 Å². The molecule has 0 radical (unpaired) electrons. The molecule has 6 rings (SSSR count). The van der Waals surface area contributed by atoms with Gasteiger partial charge in [0.15, 0.2) is 5.82 Å². The maximum Gasteiger partial charge on any atom is 0.179 e. The minimum absolute atomic E-state index is 0.195. The monoisotopic (exact) mass is 541 g/mol. The van der Waals surface area contributed by atoms with E-state index in [0.717, 1.165) is 33.4 Å². The topological polar surface area (TPSA) is 63.9 Å². The second-order valence-corrected chi connectivity index (χ2v) is 10.5. The zero-order chi connectivity index (χ0) is 26.3. The molecular formula is C30H25Cl2N5O. The van der Waals surface area contributed by atoms with E-state index in [4.69, 9.17) is 28.3 Å². The lowest BCUT2D eigenvalue weighted by Gasteiger charge is -2.41. The summed E-state index contributed by atoms with van der Waals surface area (Å²) in [6.07, 6.45) is 3.14. The number of piperidine rings is 1. The van der Waals surface area contributed by atoms with Crippen LogP contribution in [-0.2, 0) is 10.2 Å². The number of benzene rings is 3. The Hall–Kier alpha value is -3.74. The Labute approximate surface area is 230 Å². The fourth-order valence-corrected chi connectivity index (χ4v) is 5.85. The molecule has 1 fully saturated rings. The van der Waals surface area contributed by atoms with Crippen molar-refractivity contribution >= 4 is 45.7 Å². The van der Waals surface area contributed by atoms with Gasteiger partial charge in [-0.05, 0) is 49.6 Å². The highest BCUT2D eigenvalue weighted by molar-refractivity contribution is 6.32. The van der Waals surface area contributed by atoms with Gasteiger partial charge in [0.1, 0.15) is 11.3 Å². The third-order valence-electron chi connectivity index (χ3n) is 7.59. The smallest absolute Gasteiger partial charge is 0.179 e. The van der Waals surface area contributed by atoms with Crippen molar-refractivity contribution in [2.45, 2.75) is 25.2 Å². The van der Waals surface area contributed by atoms with Gasteiger partial charge in [0.25, 0.3) is 0 Å². The largest absolute Gasteiger partial charge is 0.353 e. The summed E-state index contributed by atoms with van der Waals surface area (Å²) in [5.41, 5.74) is 3.88. The van der Waals surface area contributed by atoms with Gasteiger partial charge in [-0.2, -0.15) is 10.2 Å². The van der Waals surface area contributed by atoms with E-state index < -0.39 is 5.41 Å². The van der Waals surface area contributed by atoms with Crippen molar-refractivity contribution in [3.63, 3.8) is 0 Å². The number of ketones is 1. The standard InChI is InChI=1S/C30H25Cl2N5O/c1-20(38)30(22-7-3-2-4-8-22)15-17-36(18-16-30)29-27-24(19-33-34-29)28(21-11-13-23(31)14-12-21)37(35-27)26-10-6-5-9-25(26)32/h2-14,19H,15-18H2,1H3. The number of para-hydroxylation sites is 1. The third kappa shape index (κ3) is 4.14. The second-order valence-electron chi connectivity index (χ2n) is 9.64. The number of nitrogens with zero attached hydrogens (tertiary/aromatic N) is 5. The molecule has 8 heteroatoms. The van der Waals surface area contributed by atoms with Crippen LogP contribution >= 0.6 is 23.2 Å². The maximum absolute atomic E-state index is 12.9. The number of carbonyl (C=O) groups excluding carboxylic acids is 1. The number of fused-ring (bicyclic) bond motifs is 1. The average Bonchev–Trinajstić information content (AvgIpc) is 3.34. The van der Waals surface area contributed by atoms with Crippen LogP contribution in [0.4, 0.5) is 5.82 Å². The predicted molar refractivity (Wildman–Crippen MR) is 152 cm³/mol. The number of halogens is 2. The number of carbonyl (C=O) groups is 1. The first-order valence-electron chi connectivity index (χ1n) is 12.5. The molecule has 0 unspecified atom stereocenters. The van der Waals surface area contributed by atoms with Crippen molar-refractivity contribution in [2.75, 3.05) is 18.0 Å². The van der Waals surface area contributed by atoms with E-state index in [1.807, 2.05) is 71.4 Å². The van der Waals surface area contributed by atoms with Crippen molar-refractivity contribution in [3.8, 4) is 16.9 Å². The Kier molecular flexibility index (Phi) is 6.38. The molecule has 1 aliphatic heterocycles.